The van der Waals surface area contributed by atoms with Gasteiger partial charge in [-0.3, -0.25) is 0 Å². The highest BCUT2D eigenvalue weighted by molar-refractivity contribution is 5.71. The summed E-state index contributed by atoms with van der Waals surface area (Å²) in [6.07, 6.45) is -0.490. The van der Waals surface area contributed by atoms with E-state index in [4.69, 9.17) is 10.5 Å². The molecule has 0 spiro atoms. The predicted molar refractivity (Wildman–Crippen MR) is 78.2 cm³/mol. The zero-order valence-corrected chi connectivity index (χ0v) is 11.8. The zero-order chi connectivity index (χ0) is 15.9. The van der Waals surface area contributed by atoms with E-state index in [0.717, 1.165) is 11.1 Å². The van der Waals surface area contributed by atoms with Gasteiger partial charge >= 0.3 is 6.03 Å². The molecule has 0 bridgehead atoms. The molecular formula is C16H16F2N2O2. The highest BCUT2D eigenvalue weighted by Gasteiger charge is 2.15. The minimum Gasteiger partial charge on any atom is -0.367 e. The lowest BCUT2D eigenvalue weighted by Gasteiger charge is -2.19. The van der Waals surface area contributed by atoms with Crippen LogP contribution < -0.4 is 11.1 Å². The van der Waals surface area contributed by atoms with Gasteiger partial charge in [-0.05, 0) is 35.4 Å². The van der Waals surface area contributed by atoms with Gasteiger partial charge in [-0.25, -0.2) is 13.6 Å². The van der Waals surface area contributed by atoms with Crippen LogP contribution in [0.3, 0.4) is 0 Å². The minimum atomic E-state index is -0.635. The minimum absolute atomic E-state index is 0.211. The van der Waals surface area contributed by atoms with E-state index in [1.807, 2.05) is 0 Å². The molecule has 2 rings (SSSR count). The molecular weight excluding hydrogens is 290 g/mol. The molecule has 0 radical (unpaired) electrons. The van der Waals surface area contributed by atoms with E-state index in [2.05, 4.69) is 5.32 Å². The van der Waals surface area contributed by atoms with Crippen LogP contribution >= 0.6 is 0 Å². The molecule has 0 unspecified atom stereocenters. The molecule has 0 saturated carbocycles. The van der Waals surface area contributed by atoms with Crippen LogP contribution in [0.1, 0.15) is 17.2 Å². The van der Waals surface area contributed by atoms with E-state index in [0.29, 0.717) is 0 Å². The number of urea groups is 1. The Morgan fingerprint density at radius 2 is 1.45 bits per heavy atom. The topological polar surface area (TPSA) is 64.4 Å². The number of halogens is 2. The molecule has 2 aromatic carbocycles. The number of benzene rings is 2. The zero-order valence-electron chi connectivity index (χ0n) is 11.8. The van der Waals surface area contributed by atoms with Crippen molar-refractivity contribution in [2.24, 2.45) is 5.73 Å². The van der Waals surface area contributed by atoms with Crippen LogP contribution in [0.15, 0.2) is 48.5 Å². The number of hydrogen-bond donors (Lipinski definition) is 2. The van der Waals surface area contributed by atoms with E-state index in [1.165, 1.54) is 24.3 Å². The van der Waals surface area contributed by atoms with Crippen LogP contribution in [0, 0.1) is 11.6 Å². The van der Waals surface area contributed by atoms with E-state index >= 15 is 0 Å². The van der Waals surface area contributed by atoms with Gasteiger partial charge in [0.05, 0.1) is 6.61 Å². The summed E-state index contributed by atoms with van der Waals surface area (Å²) < 4.78 is 31.8. The van der Waals surface area contributed by atoms with E-state index in [9.17, 15) is 13.6 Å². The number of carbonyl (C=O) groups excluding carboxylic acids is 1. The Labute approximate surface area is 126 Å². The van der Waals surface area contributed by atoms with Crippen LogP contribution in [0.25, 0.3) is 0 Å². The number of carbonyl (C=O) groups is 1. The first-order chi connectivity index (χ1) is 10.6. The molecule has 0 aliphatic rings. The molecule has 0 aromatic heterocycles. The Kier molecular flexibility index (Phi) is 5.43. The third-order valence-corrected chi connectivity index (χ3v) is 3.03. The highest BCUT2D eigenvalue weighted by Crippen LogP contribution is 2.26. The Morgan fingerprint density at radius 1 is 1.00 bits per heavy atom. The van der Waals surface area contributed by atoms with Crippen molar-refractivity contribution < 1.29 is 18.3 Å². The van der Waals surface area contributed by atoms with Gasteiger partial charge in [-0.2, -0.15) is 0 Å². The normalized spacial score (nSPS) is 10.7. The molecule has 0 saturated heterocycles. The lowest BCUT2D eigenvalue weighted by Crippen LogP contribution is -2.32. The molecule has 0 aliphatic heterocycles. The van der Waals surface area contributed by atoms with Crippen LogP contribution in [0.5, 0.6) is 0 Å². The Morgan fingerprint density at radius 3 is 1.86 bits per heavy atom. The van der Waals surface area contributed by atoms with Crippen molar-refractivity contribution in [1.29, 1.82) is 0 Å². The number of nitrogens with two attached hydrogens (primary N) is 1. The van der Waals surface area contributed by atoms with Gasteiger partial charge in [-0.1, -0.05) is 24.3 Å². The van der Waals surface area contributed by atoms with Gasteiger partial charge in [0.1, 0.15) is 17.7 Å². The molecule has 22 heavy (non-hydrogen) atoms. The largest absolute Gasteiger partial charge is 0.367 e. The maximum Gasteiger partial charge on any atom is 0.312 e. The van der Waals surface area contributed by atoms with E-state index in [1.54, 1.807) is 24.3 Å². The number of amides is 2. The number of rotatable bonds is 6. The molecule has 2 amide bonds. The summed E-state index contributed by atoms with van der Waals surface area (Å²) in [4.78, 5) is 10.6. The SMILES string of the molecule is NC(=O)NCCOC(c1ccc(F)cc1)c1ccc(F)cc1. The second-order valence-corrected chi connectivity index (χ2v) is 4.64. The van der Waals surface area contributed by atoms with Crippen molar-refractivity contribution in [3.8, 4) is 0 Å². The fourth-order valence-corrected chi connectivity index (χ4v) is 2.01. The van der Waals surface area contributed by atoms with Crippen molar-refractivity contribution in [2.75, 3.05) is 13.2 Å². The second kappa shape index (κ2) is 7.51. The van der Waals surface area contributed by atoms with Crippen molar-refractivity contribution in [2.45, 2.75) is 6.10 Å². The van der Waals surface area contributed by atoms with Crippen molar-refractivity contribution >= 4 is 6.03 Å². The third-order valence-electron chi connectivity index (χ3n) is 3.03. The van der Waals surface area contributed by atoms with Gasteiger partial charge < -0.3 is 15.8 Å². The third kappa shape index (κ3) is 4.53. The summed E-state index contributed by atoms with van der Waals surface area (Å²) in [5.41, 5.74) is 6.43. The van der Waals surface area contributed by atoms with Gasteiger partial charge in [0.25, 0.3) is 0 Å². The van der Waals surface area contributed by atoms with Crippen molar-refractivity contribution in [3.05, 3.63) is 71.3 Å². The first-order valence-corrected chi connectivity index (χ1v) is 6.72. The van der Waals surface area contributed by atoms with Crippen LogP contribution in [-0.2, 0) is 4.74 Å². The molecule has 0 aliphatic carbocycles. The van der Waals surface area contributed by atoms with Gasteiger partial charge in [0.2, 0.25) is 0 Å². The average molecular weight is 306 g/mol. The average Bonchev–Trinajstić information content (AvgIpc) is 2.50. The van der Waals surface area contributed by atoms with Gasteiger partial charge in [-0.15, -0.1) is 0 Å². The fourth-order valence-electron chi connectivity index (χ4n) is 2.01. The second-order valence-electron chi connectivity index (χ2n) is 4.64. The Balaban J connectivity index is 2.14. The maximum atomic E-state index is 13.0. The molecule has 0 fully saturated rings. The van der Waals surface area contributed by atoms with Crippen LogP contribution in [0.4, 0.5) is 13.6 Å². The number of nitrogens with one attached hydrogen (secondary N) is 1. The maximum absolute atomic E-state index is 13.0. The van der Waals surface area contributed by atoms with Crippen molar-refractivity contribution in [1.82, 2.24) is 5.32 Å². The molecule has 0 atom stereocenters. The molecule has 4 nitrogen and oxygen atoms in total. The van der Waals surface area contributed by atoms with Crippen LogP contribution in [0.2, 0.25) is 0 Å². The summed E-state index contributed by atoms with van der Waals surface area (Å²) >= 11 is 0. The first-order valence-electron chi connectivity index (χ1n) is 6.72. The monoisotopic (exact) mass is 306 g/mol. The molecule has 3 N–H and O–H groups in total. The summed E-state index contributed by atoms with van der Waals surface area (Å²) in [5, 5.41) is 2.42. The number of primary amides is 1. The Bertz CT molecular complexity index is 570. The summed E-state index contributed by atoms with van der Waals surface area (Å²) in [5.74, 6) is -0.700. The van der Waals surface area contributed by atoms with Crippen molar-refractivity contribution in [3.63, 3.8) is 0 Å². The molecule has 116 valence electrons. The molecule has 2 aromatic rings. The fraction of sp³-hybridized carbons (Fsp3) is 0.188. The first kappa shape index (κ1) is 15.9. The lowest BCUT2D eigenvalue weighted by molar-refractivity contribution is 0.0831. The lowest BCUT2D eigenvalue weighted by atomic mass is 10.0. The smallest absolute Gasteiger partial charge is 0.312 e. The van der Waals surface area contributed by atoms with E-state index in [-0.39, 0.29) is 24.8 Å². The number of hydrogen-bond acceptors (Lipinski definition) is 2. The molecule has 0 heterocycles. The number of ether oxygens (including phenoxy) is 1. The Hall–Kier alpha value is -2.47. The summed E-state index contributed by atoms with van der Waals surface area (Å²) in [6.45, 7) is 0.455. The highest BCUT2D eigenvalue weighted by atomic mass is 19.1. The quantitative estimate of drug-likeness (QED) is 0.806. The van der Waals surface area contributed by atoms with Crippen LogP contribution in [-0.4, -0.2) is 19.2 Å². The van der Waals surface area contributed by atoms with Gasteiger partial charge in [0.15, 0.2) is 0 Å². The predicted octanol–water partition coefficient (Wildman–Crippen LogP) is 2.74. The molecule has 6 heteroatoms. The summed E-state index contributed by atoms with van der Waals surface area (Å²) in [6, 6.07) is 11.1. The van der Waals surface area contributed by atoms with Gasteiger partial charge in [0, 0.05) is 6.54 Å². The van der Waals surface area contributed by atoms with E-state index < -0.39 is 12.1 Å². The standard InChI is InChI=1S/C16H16F2N2O2/c17-13-5-1-11(2-6-13)15(22-10-9-20-16(19)21)12-3-7-14(18)8-4-12/h1-8,15H,9-10H2,(H3,19,20,21). The summed E-state index contributed by atoms with van der Waals surface area (Å²) in [7, 11) is 0.